The molecule has 0 spiro atoms. The van der Waals surface area contributed by atoms with Crippen LogP contribution in [0.15, 0.2) is 30.3 Å². The molecule has 2 heterocycles. The van der Waals surface area contributed by atoms with Gasteiger partial charge >= 0.3 is 6.18 Å². The fourth-order valence-corrected chi connectivity index (χ4v) is 4.28. The molecule has 0 unspecified atom stereocenters. The van der Waals surface area contributed by atoms with Crippen molar-refractivity contribution in [3.63, 3.8) is 0 Å². The second kappa shape index (κ2) is 10.5. The zero-order chi connectivity index (χ0) is 27.8. The Morgan fingerprint density at radius 3 is 2.34 bits per heavy atom. The standard InChI is InChI=1S/C25H28F4N6O3/c1-14(2)16-11-17(21(37)12-20(16)36)22-31-32-23(24(38)30-13-25(27,28)29)35(22)15-4-5-19(18(26)10-15)34-8-6-33(3)7-9-34/h4-5,10-12,14,36-37H,6-9,13H2,1-3H3,(H,30,38). The number of benzene rings is 2. The highest BCUT2D eigenvalue weighted by atomic mass is 19.4. The zero-order valence-corrected chi connectivity index (χ0v) is 21.1. The summed E-state index contributed by atoms with van der Waals surface area (Å²) in [7, 11) is 1.97. The Kier molecular flexibility index (Phi) is 7.49. The highest BCUT2D eigenvalue weighted by Gasteiger charge is 2.31. The van der Waals surface area contributed by atoms with Crippen LogP contribution in [-0.4, -0.2) is 81.7 Å². The maximum atomic E-state index is 15.4. The van der Waals surface area contributed by atoms with E-state index in [9.17, 15) is 28.2 Å². The van der Waals surface area contributed by atoms with Crippen LogP contribution in [0.2, 0.25) is 0 Å². The van der Waals surface area contributed by atoms with Crippen LogP contribution in [0.5, 0.6) is 11.5 Å². The first-order chi connectivity index (χ1) is 17.9. The van der Waals surface area contributed by atoms with Gasteiger partial charge in [0.1, 0.15) is 23.9 Å². The first-order valence-corrected chi connectivity index (χ1v) is 12.0. The van der Waals surface area contributed by atoms with Gasteiger partial charge in [0, 0.05) is 38.3 Å². The van der Waals surface area contributed by atoms with Crippen molar-refractivity contribution >= 4 is 11.6 Å². The second-order valence-electron chi connectivity index (χ2n) is 9.49. The van der Waals surface area contributed by atoms with Crippen LogP contribution in [0.4, 0.5) is 23.2 Å². The van der Waals surface area contributed by atoms with E-state index >= 15 is 4.39 Å². The number of phenols is 2. The molecular weight excluding hydrogens is 508 g/mol. The Morgan fingerprint density at radius 1 is 1.05 bits per heavy atom. The van der Waals surface area contributed by atoms with Crippen LogP contribution in [0.1, 0.15) is 35.9 Å². The average molecular weight is 537 g/mol. The van der Waals surface area contributed by atoms with Crippen LogP contribution in [0.25, 0.3) is 17.1 Å². The molecule has 0 radical (unpaired) electrons. The Hall–Kier alpha value is -3.87. The third-order valence-electron chi connectivity index (χ3n) is 6.36. The number of halogens is 4. The number of nitrogens with one attached hydrogen (secondary N) is 1. The number of rotatable bonds is 6. The molecule has 1 saturated heterocycles. The summed E-state index contributed by atoms with van der Waals surface area (Å²) < 4.78 is 54.7. The number of piperazine rings is 1. The average Bonchev–Trinajstić information content (AvgIpc) is 3.27. The molecule has 38 heavy (non-hydrogen) atoms. The fraction of sp³-hybridized carbons (Fsp3) is 0.400. The van der Waals surface area contributed by atoms with Crippen molar-refractivity contribution in [1.82, 2.24) is 25.0 Å². The van der Waals surface area contributed by atoms with Crippen molar-refractivity contribution in [2.24, 2.45) is 0 Å². The number of hydrogen-bond acceptors (Lipinski definition) is 7. The lowest BCUT2D eigenvalue weighted by molar-refractivity contribution is -0.123. The smallest absolute Gasteiger partial charge is 0.405 e. The van der Waals surface area contributed by atoms with E-state index in [0.29, 0.717) is 24.3 Å². The van der Waals surface area contributed by atoms with E-state index in [1.165, 1.54) is 18.2 Å². The minimum Gasteiger partial charge on any atom is -0.508 e. The Labute approximate surface area is 216 Å². The van der Waals surface area contributed by atoms with Crippen LogP contribution in [0, 0.1) is 5.82 Å². The first-order valence-electron chi connectivity index (χ1n) is 12.0. The largest absolute Gasteiger partial charge is 0.508 e. The van der Waals surface area contributed by atoms with Crippen molar-refractivity contribution in [2.45, 2.75) is 25.9 Å². The van der Waals surface area contributed by atoms with Gasteiger partial charge in [-0.1, -0.05) is 13.8 Å². The molecule has 9 nitrogen and oxygen atoms in total. The summed E-state index contributed by atoms with van der Waals surface area (Å²) in [5, 5.41) is 30.3. The molecule has 13 heteroatoms. The van der Waals surface area contributed by atoms with Crippen molar-refractivity contribution in [1.29, 1.82) is 0 Å². The number of nitrogens with zero attached hydrogens (tertiary/aromatic N) is 5. The molecule has 3 aromatic rings. The predicted octanol–water partition coefficient (Wildman–Crippen LogP) is 3.65. The number of aromatic nitrogens is 3. The van der Waals surface area contributed by atoms with Crippen LogP contribution in [0.3, 0.4) is 0 Å². The van der Waals surface area contributed by atoms with Gasteiger partial charge in [0.2, 0.25) is 5.82 Å². The van der Waals surface area contributed by atoms with E-state index in [1.807, 2.05) is 25.8 Å². The van der Waals surface area contributed by atoms with E-state index in [-0.39, 0.29) is 28.7 Å². The molecule has 0 bridgehead atoms. The van der Waals surface area contributed by atoms with Gasteiger partial charge in [-0.05, 0) is 36.7 Å². The Bertz CT molecular complexity index is 1330. The topological polar surface area (TPSA) is 107 Å². The van der Waals surface area contributed by atoms with Crippen LogP contribution >= 0.6 is 0 Å². The van der Waals surface area contributed by atoms with Crippen molar-refractivity contribution in [3.8, 4) is 28.6 Å². The van der Waals surface area contributed by atoms with Gasteiger partial charge in [0.15, 0.2) is 5.82 Å². The van der Waals surface area contributed by atoms with Crippen molar-refractivity contribution < 1.29 is 32.6 Å². The predicted molar refractivity (Wildman–Crippen MR) is 132 cm³/mol. The first kappa shape index (κ1) is 27.2. The molecule has 1 amide bonds. The number of amides is 1. The summed E-state index contributed by atoms with van der Waals surface area (Å²) in [6.45, 7) is 4.72. The van der Waals surface area contributed by atoms with Gasteiger partial charge in [-0.3, -0.25) is 9.36 Å². The maximum Gasteiger partial charge on any atom is 0.405 e. The quantitative estimate of drug-likeness (QED) is 0.413. The molecule has 0 aliphatic carbocycles. The van der Waals surface area contributed by atoms with Crippen molar-refractivity contribution in [2.75, 3.05) is 44.7 Å². The van der Waals surface area contributed by atoms with E-state index in [0.717, 1.165) is 29.8 Å². The monoisotopic (exact) mass is 536 g/mol. The molecule has 1 aromatic heterocycles. The number of carbonyl (C=O) groups excluding carboxylic acids is 1. The third kappa shape index (κ3) is 5.67. The number of carbonyl (C=O) groups is 1. The number of phenolic OH excluding ortho intramolecular Hbond substituents is 2. The minimum atomic E-state index is -4.67. The fourth-order valence-electron chi connectivity index (χ4n) is 4.28. The summed E-state index contributed by atoms with van der Waals surface area (Å²) in [5.74, 6) is -3.18. The Morgan fingerprint density at radius 2 is 1.74 bits per heavy atom. The van der Waals surface area contributed by atoms with E-state index < -0.39 is 36.0 Å². The molecule has 3 N–H and O–H groups in total. The highest BCUT2D eigenvalue weighted by molar-refractivity contribution is 5.92. The molecule has 4 rings (SSSR count). The zero-order valence-electron chi connectivity index (χ0n) is 21.1. The van der Waals surface area contributed by atoms with Gasteiger partial charge in [-0.2, -0.15) is 13.2 Å². The number of hydrogen-bond donors (Lipinski definition) is 3. The lowest BCUT2D eigenvalue weighted by Gasteiger charge is -2.34. The normalized spacial score (nSPS) is 14.8. The van der Waals surface area contributed by atoms with Gasteiger partial charge in [0.05, 0.1) is 16.9 Å². The lowest BCUT2D eigenvalue weighted by atomic mass is 9.98. The van der Waals surface area contributed by atoms with Gasteiger partial charge in [-0.25, -0.2) is 4.39 Å². The van der Waals surface area contributed by atoms with Crippen molar-refractivity contribution in [3.05, 3.63) is 47.5 Å². The molecular formula is C25H28F4N6O3. The number of likely N-dealkylation sites (N-methyl/N-ethyl adjacent to an activating group) is 1. The SMILES string of the molecule is CC(C)c1cc(-c2nnc(C(=O)NCC(F)(F)F)n2-c2ccc(N3CCN(C)CC3)c(F)c2)c(O)cc1O. The lowest BCUT2D eigenvalue weighted by Crippen LogP contribution is -2.44. The van der Waals surface area contributed by atoms with E-state index in [1.54, 1.807) is 5.32 Å². The molecule has 2 aromatic carbocycles. The van der Waals surface area contributed by atoms with Gasteiger partial charge in [-0.15, -0.1) is 10.2 Å². The molecule has 0 saturated carbocycles. The summed E-state index contributed by atoms with van der Waals surface area (Å²) in [6, 6.07) is 6.71. The van der Waals surface area contributed by atoms with E-state index in [4.69, 9.17) is 0 Å². The van der Waals surface area contributed by atoms with Crippen LogP contribution < -0.4 is 10.2 Å². The number of aromatic hydroxyl groups is 2. The van der Waals surface area contributed by atoms with Gasteiger partial charge < -0.3 is 25.3 Å². The second-order valence-corrected chi connectivity index (χ2v) is 9.49. The molecule has 1 fully saturated rings. The molecule has 0 atom stereocenters. The molecule has 1 aliphatic rings. The summed E-state index contributed by atoms with van der Waals surface area (Å²) in [6.07, 6.45) is -4.67. The maximum absolute atomic E-state index is 15.4. The summed E-state index contributed by atoms with van der Waals surface area (Å²) in [4.78, 5) is 16.7. The number of anilines is 1. The molecule has 1 aliphatic heterocycles. The third-order valence-corrected chi connectivity index (χ3v) is 6.36. The van der Waals surface area contributed by atoms with Crippen LogP contribution in [-0.2, 0) is 0 Å². The summed E-state index contributed by atoms with van der Waals surface area (Å²) >= 11 is 0. The van der Waals surface area contributed by atoms with Gasteiger partial charge in [0.25, 0.3) is 5.91 Å². The molecule has 204 valence electrons. The minimum absolute atomic E-state index is 0.0532. The summed E-state index contributed by atoms with van der Waals surface area (Å²) in [5.41, 5.74) is 0.912. The van der Waals surface area contributed by atoms with E-state index in [2.05, 4.69) is 15.1 Å². The highest BCUT2D eigenvalue weighted by Crippen LogP contribution is 2.38. The Balaban J connectivity index is 1.83. The number of alkyl halides is 3.